The van der Waals surface area contributed by atoms with Crippen LogP contribution in [0.5, 0.6) is 0 Å². The Hall–Kier alpha value is -2.57. The number of furan rings is 1. The number of carboxylic acid groups (broad SMARTS) is 1. The average molecular weight is 305 g/mol. The van der Waals surface area contributed by atoms with Gasteiger partial charge in [0.05, 0.1) is 23.8 Å². The third-order valence-electron chi connectivity index (χ3n) is 3.19. The standard InChI is InChI=1S/C15H19N3O4/c1-9-11(8-17-18(9)15(2,3)4)13(19)16-7-10-5-6-12(22-10)14(20)21/h5-6,8H,7H2,1-4H3,(H,16,19)(H,20,21). The van der Waals surface area contributed by atoms with Gasteiger partial charge in [0, 0.05) is 5.69 Å². The Kier molecular flexibility index (Phi) is 4.07. The van der Waals surface area contributed by atoms with Crippen molar-refractivity contribution in [2.75, 3.05) is 0 Å². The summed E-state index contributed by atoms with van der Waals surface area (Å²) < 4.78 is 6.87. The van der Waals surface area contributed by atoms with Gasteiger partial charge in [-0.25, -0.2) is 4.79 Å². The van der Waals surface area contributed by atoms with E-state index in [1.54, 1.807) is 4.68 Å². The van der Waals surface area contributed by atoms with Crippen molar-refractivity contribution in [1.29, 1.82) is 0 Å². The number of nitrogens with one attached hydrogen (secondary N) is 1. The van der Waals surface area contributed by atoms with Gasteiger partial charge in [-0.05, 0) is 39.8 Å². The van der Waals surface area contributed by atoms with E-state index >= 15 is 0 Å². The molecule has 2 heterocycles. The van der Waals surface area contributed by atoms with Crippen LogP contribution in [0.4, 0.5) is 0 Å². The average Bonchev–Trinajstić information content (AvgIpc) is 3.01. The highest BCUT2D eigenvalue weighted by atomic mass is 16.4. The number of rotatable bonds is 4. The van der Waals surface area contributed by atoms with Crippen molar-refractivity contribution in [2.24, 2.45) is 0 Å². The molecule has 2 rings (SSSR count). The van der Waals surface area contributed by atoms with Crippen molar-refractivity contribution >= 4 is 11.9 Å². The molecule has 0 spiro atoms. The van der Waals surface area contributed by atoms with E-state index in [9.17, 15) is 9.59 Å². The fourth-order valence-electron chi connectivity index (χ4n) is 2.16. The maximum absolute atomic E-state index is 12.2. The molecule has 22 heavy (non-hydrogen) atoms. The van der Waals surface area contributed by atoms with Gasteiger partial charge in [-0.2, -0.15) is 5.10 Å². The zero-order chi connectivity index (χ0) is 16.5. The second-order valence-electron chi connectivity index (χ2n) is 5.98. The van der Waals surface area contributed by atoms with E-state index in [-0.39, 0.29) is 23.8 Å². The second kappa shape index (κ2) is 5.67. The first kappa shape index (κ1) is 15.8. The first-order valence-electron chi connectivity index (χ1n) is 6.85. The topological polar surface area (TPSA) is 97.4 Å². The predicted octanol–water partition coefficient (Wildman–Crippen LogP) is 2.17. The summed E-state index contributed by atoms with van der Waals surface area (Å²) in [7, 11) is 0. The Morgan fingerprint density at radius 3 is 2.55 bits per heavy atom. The molecule has 0 fully saturated rings. The highest BCUT2D eigenvalue weighted by molar-refractivity contribution is 5.95. The number of carbonyl (C=O) groups is 2. The lowest BCUT2D eigenvalue weighted by atomic mass is 10.1. The van der Waals surface area contributed by atoms with Crippen molar-refractivity contribution in [1.82, 2.24) is 15.1 Å². The SMILES string of the molecule is Cc1c(C(=O)NCc2ccc(C(=O)O)o2)cnn1C(C)(C)C. The Balaban J connectivity index is 2.06. The molecular formula is C15H19N3O4. The predicted molar refractivity (Wildman–Crippen MR) is 78.8 cm³/mol. The van der Waals surface area contributed by atoms with Crippen molar-refractivity contribution in [3.63, 3.8) is 0 Å². The first-order valence-corrected chi connectivity index (χ1v) is 6.85. The second-order valence-corrected chi connectivity index (χ2v) is 5.98. The zero-order valence-corrected chi connectivity index (χ0v) is 13.0. The van der Waals surface area contributed by atoms with E-state index < -0.39 is 5.97 Å². The van der Waals surface area contributed by atoms with Crippen LogP contribution in [0, 0.1) is 6.92 Å². The van der Waals surface area contributed by atoms with Crippen LogP contribution in [0.2, 0.25) is 0 Å². The van der Waals surface area contributed by atoms with E-state index in [0.717, 1.165) is 5.69 Å². The Labute approximate surface area is 127 Å². The number of hydrogen-bond acceptors (Lipinski definition) is 4. The minimum atomic E-state index is -1.14. The number of hydrogen-bond donors (Lipinski definition) is 2. The Morgan fingerprint density at radius 1 is 1.36 bits per heavy atom. The van der Waals surface area contributed by atoms with Gasteiger partial charge in [0.2, 0.25) is 5.76 Å². The van der Waals surface area contributed by atoms with Crippen LogP contribution >= 0.6 is 0 Å². The van der Waals surface area contributed by atoms with E-state index in [1.165, 1.54) is 18.3 Å². The summed E-state index contributed by atoms with van der Waals surface area (Å²) in [5.74, 6) is -1.19. The molecule has 2 N–H and O–H groups in total. The first-order chi connectivity index (χ1) is 10.2. The number of nitrogens with zero attached hydrogens (tertiary/aromatic N) is 2. The third-order valence-corrected chi connectivity index (χ3v) is 3.19. The molecule has 118 valence electrons. The van der Waals surface area contributed by atoms with E-state index in [1.807, 2.05) is 27.7 Å². The van der Waals surface area contributed by atoms with Crippen molar-refractivity contribution in [2.45, 2.75) is 39.8 Å². The lowest BCUT2D eigenvalue weighted by molar-refractivity contribution is 0.0660. The van der Waals surface area contributed by atoms with Crippen LogP contribution in [0.1, 0.15) is 53.1 Å². The third kappa shape index (κ3) is 3.19. The molecular weight excluding hydrogens is 286 g/mol. The number of aromatic carboxylic acids is 1. The molecule has 0 saturated heterocycles. The van der Waals surface area contributed by atoms with Crippen LogP contribution in [-0.2, 0) is 12.1 Å². The van der Waals surface area contributed by atoms with E-state index in [2.05, 4.69) is 10.4 Å². The molecule has 0 saturated carbocycles. The van der Waals surface area contributed by atoms with Crippen molar-refractivity contribution in [3.8, 4) is 0 Å². The monoisotopic (exact) mass is 305 g/mol. The maximum atomic E-state index is 12.2. The minimum Gasteiger partial charge on any atom is -0.475 e. The molecule has 0 radical (unpaired) electrons. The zero-order valence-electron chi connectivity index (χ0n) is 13.0. The van der Waals surface area contributed by atoms with Gasteiger partial charge >= 0.3 is 5.97 Å². The number of carbonyl (C=O) groups excluding carboxylic acids is 1. The molecule has 2 aromatic rings. The molecule has 7 nitrogen and oxygen atoms in total. The van der Waals surface area contributed by atoms with Gasteiger partial charge in [-0.1, -0.05) is 0 Å². The summed E-state index contributed by atoms with van der Waals surface area (Å²) in [5, 5.41) is 15.7. The summed E-state index contributed by atoms with van der Waals surface area (Å²) in [6.07, 6.45) is 1.53. The van der Waals surface area contributed by atoms with Gasteiger partial charge in [-0.3, -0.25) is 9.48 Å². The summed E-state index contributed by atoms with van der Waals surface area (Å²) >= 11 is 0. The smallest absolute Gasteiger partial charge is 0.371 e. The van der Waals surface area contributed by atoms with Gasteiger partial charge < -0.3 is 14.8 Å². The largest absolute Gasteiger partial charge is 0.475 e. The molecule has 2 aromatic heterocycles. The molecule has 0 aliphatic heterocycles. The Bertz CT molecular complexity index is 707. The lowest BCUT2D eigenvalue weighted by Crippen LogP contribution is -2.26. The Morgan fingerprint density at radius 2 is 2.05 bits per heavy atom. The molecule has 0 aliphatic rings. The molecule has 0 bridgehead atoms. The van der Waals surface area contributed by atoms with Gasteiger partial charge in [0.1, 0.15) is 5.76 Å². The fraction of sp³-hybridized carbons (Fsp3) is 0.400. The van der Waals surface area contributed by atoms with E-state index in [4.69, 9.17) is 9.52 Å². The molecule has 0 unspecified atom stereocenters. The maximum Gasteiger partial charge on any atom is 0.371 e. The van der Waals surface area contributed by atoms with Crippen LogP contribution < -0.4 is 5.32 Å². The minimum absolute atomic E-state index is 0.117. The highest BCUT2D eigenvalue weighted by Crippen LogP contribution is 2.18. The molecule has 1 amide bonds. The highest BCUT2D eigenvalue weighted by Gasteiger charge is 2.21. The quantitative estimate of drug-likeness (QED) is 0.902. The van der Waals surface area contributed by atoms with Crippen LogP contribution in [0.25, 0.3) is 0 Å². The van der Waals surface area contributed by atoms with Gasteiger partial charge in [0.15, 0.2) is 0 Å². The summed E-state index contributed by atoms with van der Waals surface area (Å²) in [6, 6.07) is 2.88. The summed E-state index contributed by atoms with van der Waals surface area (Å²) in [5.41, 5.74) is 1.05. The van der Waals surface area contributed by atoms with Crippen LogP contribution in [-0.4, -0.2) is 26.8 Å². The van der Waals surface area contributed by atoms with Crippen molar-refractivity contribution in [3.05, 3.63) is 41.1 Å². The summed E-state index contributed by atoms with van der Waals surface area (Å²) in [6.45, 7) is 7.97. The van der Waals surface area contributed by atoms with Gasteiger partial charge in [0.25, 0.3) is 5.91 Å². The van der Waals surface area contributed by atoms with E-state index in [0.29, 0.717) is 11.3 Å². The van der Waals surface area contributed by atoms with Gasteiger partial charge in [-0.15, -0.1) is 0 Å². The molecule has 0 atom stereocenters. The molecule has 0 aliphatic carbocycles. The number of carboxylic acids is 1. The molecule has 0 aromatic carbocycles. The van der Waals surface area contributed by atoms with Crippen molar-refractivity contribution < 1.29 is 19.1 Å². The summed E-state index contributed by atoms with van der Waals surface area (Å²) in [4.78, 5) is 22.9. The van der Waals surface area contributed by atoms with Crippen LogP contribution in [0.3, 0.4) is 0 Å². The normalized spacial score (nSPS) is 11.5. The number of aromatic nitrogens is 2. The lowest BCUT2D eigenvalue weighted by Gasteiger charge is -2.21. The van der Waals surface area contributed by atoms with Crippen LogP contribution in [0.15, 0.2) is 22.7 Å². The number of amides is 1. The molecule has 7 heteroatoms. The fourth-order valence-corrected chi connectivity index (χ4v) is 2.16.